The highest BCUT2D eigenvalue weighted by atomic mass is 16.5. The van der Waals surface area contributed by atoms with Crippen LogP contribution in [0.15, 0.2) is 18.2 Å². The van der Waals surface area contributed by atoms with Crippen LogP contribution in [0.25, 0.3) is 0 Å². The van der Waals surface area contributed by atoms with Crippen molar-refractivity contribution in [1.82, 2.24) is 0 Å². The lowest BCUT2D eigenvalue weighted by molar-refractivity contribution is -0.157. The lowest BCUT2D eigenvalue weighted by Crippen LogP contribution is -2.60. The molecule has 1 saturated heterocycles. The summed E-state index contributed by atoms with van der Waals surface area (Å²) in [5.41, 5.74) is 1.23. The van der Waals surface area contributed by atoms with Gasteiger partial charge in [0, 0.05) is 0 Å². The molecule has 1 aromatic rings. The van der Waals surface area contributed by atoms with E-state index in [9.17, 15) is 5.11 Å². The minimum Gasteiger partial charge on any atom is -0.496 e. The van der Waals surface area contributed by atoms with E-state index in [1.165, 1.54) is 5.56 Å². The van der Waals surface area contributed by atoms with Crippen molar-refractivity contribution in [1.29, 1.82) is 0 Å². The molecule has 0 saturated carbocycles. The van der Waals surface area contributed by atoms with Crippen LogP contribution in [0.4, 0.5) is 0 Å². The Bertz CT molecular complexity index is 428. The molecule has 0 unspecified atom stereocenters. The highest BCUT2D eigenvalue weighted by molar-refractivity contribution is 5.42. The molecule has 1 heterocycles. The summed E-state index contributed by atoms with van der Waals surface area (Å²) in [6, 6.07) is 6.16. The van der Waals surface area contributed by atoms with Crippen molar-refractivity contribution in [2.45, 2.75) is 38.2 Å². The summed E-state index contributed by atoms with van der Waals surface area (Å²) in [4.78, 5) is 0. The minimum absolute atomic E-state index is 0.289. The van der Waals surface area contributed by atoms with Gasteiger partial charge in [-0.1, -0.05) is 19.1 Å². The van der Waals surface area contributed by atoms with Crippen LogP contribution in [-0.4, -0.2) is 31.0 Å². The molecule has 1 aliphatic rings. The summed E-state index contributed by atoms with van der Waals surface area (Å²) in [7, 11) is 1.69. The van der Waals surface area contributed by atoms with Crippen molar-refractivity contribution in [2.75, 3.05) is 20.3 Å². The van der Waals surface area contributed by atoms with E-state index in [-0.39, 0.29) is 5.41 Å². The third-order valence-electron chi connectivity index (χ3n) is 4.08. The van der Waals surface area contributed by atoms with Crippen molar-refractivity contribution < 1.29 is 14.6 Å². The fraction of sp³-hybridized carbons (Fsp3) is 0.600. The summed E-state index contributed by atoms with van der Waals surface area (Å²) >= 11 is 0. The van der Waals surface area contributed by atoms with E-state index in [0.717, 1.165) is 17.7 Å². The summed E-state index contributed by atoms with van der Waals surface area (Å²) in [5, 5.41) is 10.4. The van der Waals surface area contributed by atoms with Gasteiger partial charge in [0.1, 0.15) is 5.75 Å². The molecule has 3 nitrogen and oxygen atoms in total. The number of aliphatic hydroxyl groups is 1. The zero-order valence-corrected chi connectivity index (χ0v) is 11.6. The molecule has 100 valence electrons. The van der Waals surface area contributed by atoms with E-state index in [1.54, 1.807) is 7.11 Å². The van der Waals surface area contributed by atoms with Crippen molar-refractivity contribution >= 4 is 0 Å². The number of ether oxygens (including phenoxy) is 2. The predicted octanol–water partition coefficient (Wildman–Crippen LogP) is 2.30. The maximum absolute atomic E-state index is 10.4. The van der Waals surface area contributed by atoms with Crippen LogP contribution in [0, 0.1) is 0 Å². The highest BCUT2D eigenvalue weighted by Crippen LogP contribution is 2.43. The second kappa shape index (κ2) is 4.56. The second-order valence-electron chi connectivity index (χ2n) is 5.51. The predicted molar refractivity (Wildman–Crippen MR) is 71.2 cm³/mol. The quantitative estimate of drug-likeness (QED) is 0.891. The number of hydrogen-bond donors (Lipinski definition) is 1. The first-order chi connectivity index (χ1) is 8.44. The zero-order chi connectivity index (χ0) is 13.4. The molecule has 1 aromatic carbocycles. The van der Waals surface area contributed by atoms with Gasteiger partial charge in [0.25, 0.3) is 0 Å². The third kappa shape index (κ3) is 1.91. The molecule has 3 heteroatoms. The molecule has 1 aliphatic heterocycles. The zero-order valence-electron chi connectivity index (χ0n) is 11.6. The van der Waals surface area contributed by atoms with Gasteiger partial charge in [-0.3, -0.25) is 0 Å². The van der Waals surface area contributed by atoms with E-state index in [0.29, 0.717) is 13.2 Å². The first kappa shape index (κ1) is 13.4. The van der Waals surface area contributed by atoms with E-state index in [2.05, 4.69) is 13.0 Å². The Morgan fingerprint density at radius 1 is 1.39 bits per heavy atom. The molecule has 1 N–H and O–H groups in total. The smallest absolute Gasteiger partial charge is 0.122 e. The lowest BCUT2D eigenvalue weighted by atomic mass is 9.67. The Morgan fingerprint density at radius 3 is 2.44 bits per heavy atom. The molecule has 0 radical (unpaired) electrons. The monoisotopic (exact) mass is 250 g/mol. The average Bonchev–Trinajstić information content (AvgIpc) is 2.25. The van der Waals surface area contributed by atoms with Gasteiger partial charge in [-0.05, 0) is 37.5 Å². The Kier molecular flexibility index (Phi) is 3.39. The molecule has 0 aromatic heterocycles. The highest BCUT2D eigenvalue weighted by Gasteiger charge is 2.51. The summed E-state index contributed by atoms with van der Waals surface area (Å²) < 4.78 is 10.7. The Labute approximate surface area is 109 Å². The normalized spacial score (nSPS) is 18.3. The maximum atomic E-state index is 10.4. The van der Waals surface area contributed by atoms with E-state index < -0.39 is 5.60 Å². The van der Waals surface area contributed by atoms with Crippen LogP contribution in [0.2, 0.25) is 0 Å². The molecular formula is C15H22O3. The molecule has 0 bridgehead atoms. The molecule has 18 heavy (non-hydrogen) atoms. The molecular weight excluding hydrogens is 228 g/mol. The molecule has 0 amide bonds. The van der Waals surface area contributed by atoms with Crippen molar-refractivity contribution in [3.05, 3.63) is 29.3 Å². The largest absolute Gasteiger partial charge is 0.496 e. The van der Waals surface area contributed by atoms with E-state index in [4.69, 9.17) is 9.47 Å². The van der Waals surface area contributed by atoms with Crippen LogP contribution in [0.3, 0.4) is 0 Å². The number of hydrogen-bond acceptors (Lipinski definition) is 3. The topological polar surface area (TPSA) is 38.7 Å². The lowest BCUT2D eigenvalue weighted by Gasteiger charge is -2.50. The maximum Gasteiger partial charge on any atom is 0.122 e. The standard InChI is InChI=1S/C15H22O3/c1-5-11-8-12(6-7-13(11)17-4)15(9-18-10-15)14(2,3)16/h6-8,16H,5,9-10H2,1-4H3. The van der Waals surface area contributed by atoms with Crippen LogP contribution >= 0.6 is 0 Å². The molecule has 2 rings (SSSR count). The number of rotatable bonds is 4. The number of aryl methyl sites for hydroxylation is 1. The van der Waals surface area contributed by atoms with E-state index >= 15 is 0 Å². The summed E-state index contributed by atoms with van der Waals surface area (Å²) in [5.74, 6) is 0.910. The van der Waals surface area contributed by atoms with Crippen molar-refractivity contribution in [2.24, 2.45) is 0 Å². The van der Waals surface area contributed by atoms with Gasteiger partial charge in [-0.2, -0.15) is 0 Å². The van der Waals surface area contributed by atoms with Crippen LogP contribution in [0.5, 0.6) is 5.75 Å². The number of methoxy groups -OCH3 is 1. The van der Waals surface area contributed by atoms with Crippen LogP contribution in [-0.2, 0) is 16.6 Å². The Morgan fingerprint density at radius 2 is 2.06 bits per heavy atom. The first-order valence-corrected chi connectivity index (χ1v) is 6.42. The fourth-order valence-corrected chi connectivity index (χ4v) is 2.53. The fourth-order valence-electron chi connectivity index (χ4n) is 2.53. The molecule has 0 spiro atoms. The van der Waals surface area contributed by atoms with Gasteiger partial charge in [-0.15, -0.1) is 0 Å². The van der Waals surface area contributed by atoms with E-state index in [1.807, 2.05) is 26.0 Å². The van der Waals surface area contributed by atoms with Gasteiger partial charge >= 0.3 is 0 Å². The molecule has 0 aliphatic carbocycles. The van der Waals surface area contributed by atoms with Gasteiger partial charge in [-0.25, -0.2) is 0 Å². The van der Waals surface area contributed by atoms with Crippen LogP contribution in [0.1, 0.15) is 31.9 Å². The molecule has 1 fully saturated rings. The summed E-state index contributed by atoms with van der Waals surface area (Å²) in [6.07, 6.45) is 0.916. The van der Waals surface area contributed by atoms with Gasteiger partial charge < -0.3 is 14.6 Å². The Balaban J connectivity index is 2.44. The van der Waals surface area contributed by atoms with Gasteiger partial charge in [0.15, 0.2) is 0 Å². The summed E-state index contributed by atoms with van der Waals surface area (Å²) in [6.45, 7) is 6.96. The third-order valence-corrected chi connectivity index (χ3v) is 4.08. The van der Waals surface area contributed by atoms with Gasteiger partial charge in [0.05, 0.1) is 31.3 Å². The van der Waals surface area contributed by atoms with Crippen molar-refractivity contribution in [3.63, 3.8) is 0 Å². The van der Waals surface area contributed by atoms with Gasteiger partial charge in [0.2, 0.25) is 0 Å². The number of benzene rings is 1. The first-order valence-electron chi connectivity index (χ1n) is 6.42. The Hall–Kier alpha value is -1.06. The SMILES string of the molecule is CCc1cc(C2(C(C)(C)O)COC2)ccc1OC. The average molecular weight is 250 g/mol. The second-order valence-corrected chi connectivity index (χ2v) is 5.51. The molecule has 0 atom stereocenters. The van der Waals surface area contributed by atoms with Crippen molar-refractivity contribution in [3.8, 4) is 5.75 Å². The minimum atomic E-state index is -0.787. The van der Waals surface area contributed by atoms with Crippen LogP contribution < -0.4 is 4.74 Å².